The van der Waals surface area contributed by atoms with E-state index in [-0.39, 0.29) is 25.5 Å². The number of carbonyl (C=O) groups excluding carboxylic acids is 1. The van der Waals surface area contributed by atoms with Crippen LogP contribution in [0.5, 0.6) is 0 Å². The Hall–Kier alpha value is -1.97. The molecule has 0 fully saturated rings. The summed E-state index contributed by atoms with van der Waals surface area (Å²) in [5.74, 6) is 4.89. The molecule has 0 radical (unpaired) electrons. The van der Waals surface area contributed by atoms with E-state index in [1.807, 2.05) is 0 Å². The zero-order chi connectivity index (χ0) is 14.8. The number of benzene rings is 1. The molecule has 6 heteroatoms. The van der Waals surface area contributed by atoms with Crippen molar-refractivity contribution in [3.8, 4) is 11.8 Å². The largest absolute Gasteiger partial charge is 0.384 e. The van der Waals surface area contributed by atoms with E-state index in [4.69, 9.17) is 5.11 Å². The molecule has 4 nitrogen and oxygen atoms in total. The standard InChI is InChI=1S/C14H15F2NO3/c15-13(16)10-20-8-6-14(19)17-12-5-1-3-11(9-12)4-2-7-18/h1,3,5,9,13,18H,6-8,10H2,(H,17,19). The van der Waals surface area contributed by atoms with Gasteiger partial charge in [-0.1, -0.05) is 17.9 Å². The van der Waals surface area contributed by atoms with E-state index in [1.165, 1.54) is 0 Å². The number of nitrogens with one attached hydrogen (secondary N) is 1. The van der Waals surface area contributed by atoms with Crippen LogP contribution in [0.25, 0.3) is 0 Å². The molecule has 0 unspecified atom stereocenters. The summed E-state index contributed by atoms with van der Waals surface area (Å²) >= 11 is 0. The molecule has 0 saturated heterocycles. The molecule has 0 aliphatic rings. The maximum absolute atomic E-state index is 11.8. The molecule has 0 heterocycles. The lowest BCUT2D eigenvalue weighted by Gasteiger charge is -2.06. The molecule has 0 aliphatic carbocycles. The number of hydrogen-bond donors (Lipinski definition) is 2. The van der Waals surface area contributed by atoms with Gasteiger partial charge in [-0.25, -0.2) is 8.78 Å². The van der Waals surface area contributed by atoms with Gasteiger partial charge in [-0.15, -0.1) is 0 Å². The summed E-state index contributed by atoms with van der Waals surface area (Å²) in [4.78, 5) is 11.5. The lowest BCUT2D eigenvalue weighted by molar-refractivity contribution is -0.117. The summed E-state index contributed by atoms with van der Waals surface area (Å²) in [6, 6.07) is 6.79. The molecule has 0 bridgehead atoms. The minimum absolute atomic E-state index is 0.000728. The van der Waals surface area contributed by atoms with Gasteiger partial charge in [0.25, 0.3) is 6.43 Å². The predicted molar refractivity (Wildman–Crippen MR) is 70.5 cm³/mol. The molecule has 1 amide bonds. The maximum atomic E-state index is 11.8. The van der Waals surface area contributed by atoms with E-state index in [9.17, 15) is 13.6 Å². The molecule has 0 saturated carbocycles. The highest BCUT2D eigenvalue weighted by atomic mass is 19.3. The Bertz CT molecular complexity index is 495. The van der Waals surface area contributed by atoms with E-state index in [0.717, 1.165) is 0 Å². The van der Waals surface area contributed by atoms with E-state index in [2.05, 4.69) is 21.9 Å². The van der Waals surface area contributed by atoms with Crippen LogP contribution in [0, 0.1) is 11.8 Å². The average molecular weight is 283 g/mol. The van der Waals surface area contributed by atoms with Crippen LogP contribution < -0.4 is 5.32 Å². The number of amides is 1. The smallest absolute Gasteiger partial charge is 0.261 e. The van der Waals surface area contributed by atoms with Crippen LogP contribution in [0.3, 0.4) is 0 Å². The molecule has 1 aromatic rings. The van der Waals surface area contributed by atoms with Gasteiger partial charge in [-0.2, -0.15) is 0 Å². The lowest BCUT2D eigenvalue weighted by Crippen LogP contribution is -2.15. The number of hydrogen-bond acceptors (Lipinski definition) is 3. The zero-order valence-corrected chi connectivity index (χ0v) is 10.7. The minimum Gasteiger partial charge on any atom is -0.384 e. The third kappa shape index (κ3) is 6.83. The first kappa shape index (κ1) is 16.1. The number of alkyl halides is 2. The van der Waals surface area contributed by atoms with Crippen molar-refractivity contribution in [2.75, 3.05) is 25.1 Å². The van der Waals surface area contributed by atoms with Gasteiger partial charge in [0.05, 0.1) is 13.0 Å². The summed E-state index contributed by atoms with van der Waals surface area (Å²) in [5, 5.41) is 11.2. The van der Waals surface area contributed by atoms with Crippen LogP contribution in [-0.4, -0.2) is 37.3 Å². The SMILES string of the molecule is O=C(CCOCC(F)F)Nc1cccc(C#CCO)c1. The van der Waals surface area contributed by atoms with E-state index in [0.29, 0.717) is 11.3 Å². The summed E-state index contributed by atoms with van der Waals surface area (Å²) in [6.07, 6.45) is -2.53. The van der Waals surface area contributed by atoms with Crippen molar-refractivity contribution in [2.24, 2.45) is 0 Å². The molecule has 0 atom stereocenters. The normalized spacial score (nSPS) is 10.0. The quantitative estimate of drug-likeness (QED) is 0.616. The van der Waals surface area contributed by atoms with Gasteiger partial charge in [0.1, 0.15) is 13.2 Å². The van der Waals surface area contributed by atoms with Crippen LogP contribution in [0.15, 0.2) is 24.3 Å². The van der Waals surface area contributed by atoms with Crippen molar-refractivity contribution in [3.05, 3.63) is 29.8 Å². The second-order valence-electron chi connectivity index (χ2n) is 3.80. The lowest BCUT2D eigenvalue weighted by atomic mass is 10.2. The first-order valence-corrected chi connectivity index (χ1v) is 5.97. The third-order valence-corrected chi connectivity index (χ3v) is 2.18. The van der Waals surface area contributed by atoms with Crippen LogP contribution in [0.2, 0.25) is 0 Å². The van der Waals surface area contributed by atoms with Crippen molar-refractivity contribution in [2.45, 2.75) is 12.8 Å². The predicted octanol–water partition coefficient (Wildman–Crippen LogP) is 1.64. The zero-order valence-electron chi connectivity index (χ0n) is 10.7. The summed E-state index contributed by atoms with van der Waals surface area (Å²) in [7, 11) is 0. The van der Waals surface area contributed by atoms with Crippen LogP contribution in [-0.2, 0) is 9.53 Å². The van der Waals surface area contributed by atoms with Crippen molar-refractivity contribution < 1.29 is 23.4 Å². The third-order valence-electron chi connectivity index (χ3n) is 2.18. The Kier molecular flexibility index (Phi) is 7.25. The fraction of sp³-hybridized carbons (Fsp3) is 0.357. The highest BCUT2D eigenvalue weighted by Crippen LogP contribution is 2.10. The number of ether oxygens (including phenoxy) is 1. The molecule has 108 valence electrons. The number of aliphatic hydroxyl groups is 1. The van der Waals surface area contributed by atoms with E-state index in [1.54, 1.807) is 24.3 Å². The molecule has 20 heavy (non-hydrogen) atoms. The monoisotopic (exact) mass is 283 g/mol. The molecular formula is C14H15F2NO3. The fourth-order valence-electron chi connectivity index (χ4n) is 1.38. The molecule has 0 spiro atoms. The Labute approximate surface area is 115 Å². The molecule has 0 aromatic heterocycles. The van der Waals surface area contributed by atoms with Gasteiger partial charge >= 0.3 is 0 Å². The number of anilines is 1. The van der Waals surface area contributed by atoms with Crippen molar-refractivity contribution >= 4 is 11.6 Å². The highest BCUT2D eigenvalue weighted by molar-refractivity contribution is 5.90. The number of aliphatic hydroxyl groups excluding tert-OH is 1. The van der Waals surface area contributed by atoms with Gasteiger partial charge in [0.2, 0.25) is 5.91 Å². The van der Waals surface area contributed by atoms with E-state index < -0.39 is 13.0 Å². The van der Waals surface area contributed by atoms with E-state index >= 15 is 0 Å². The first-order chi connectivity index (χ1) is 9.61. The van der Waals surface area contributed by atoms with Gasteiger partial charge in [-0.05, 0) is 18.2 Å². The number of rotatable bonds is 6. The van der Waals surface area contributed by atoms with Gasteiger partial charge in [0.15, 0.2) is 0 Å². The van der Waals surface area contributed by atoms with Crippen LogP contribution in [0.4, 0.5) is 14.5 Å². The second kappa shape index (κ2) is 9.02. The Morgan fingerprint density at radius 1 is 1.45 bits per heavy atom. The number of halogens is 2. The average Bonchev–Trinajstić information content (AvgIpc) is 2.41. The molecule has 0 aliphatic heterocycles. The second-order valence-corrected chi connectivity index (χ2v) is 3.80. The summed E-state index contributed by atoms with van der Waals surface area (Å²) < 4.78 is 28.2. The Morgan fingerprint density at radius 2 is 2.25 bits per heavy atom. The fourth-order valence-corrected chi connectivity index (χ4v) is 1.38. The van der Waals surface area contributed by atoms with Crippen LogP contribution in [0.1, 0.15) is 12.0 Å². The molecular weight excluding hydrogens is 268 g/mol. The number of carbonyl (C=O) groups is 1. The van der Waals surface area contributed by atoms with Crippen molar-refractivity contribution in [1.29, 1.82) is 0 Å². The highest BCUT2D eigenvalue weighted by Gasteiger charge is 2.05. The van der Waals surface area contributed by atoms with Crippen LogP contribution >= 0.6 is 0 Å². The Morgan fingerprint density at radius 3 is 2.95 bits per heavy atom. The van der Waals surface area contributed by atoms with Gasteiger partial charge < -0.3 is 15.2 Å². The van der Waals surface area contributed by atoms with Crippen molar-refractivity contribution in [1.82, 2.24) is 0 Å². The minimum atomic E-state index is -2.53. The van der Waals surface area contributed by atoms with Gasteiger partial charge in [-0.3, -0.25) is 4.79 Å². The molecule has 1 rings (SSSR count). The topological polar surface area (TPSA) is 58.6 Å². The molecule has 1 aromatic carbocycles. The van der Waals surface area contributed by atoms with Gasteiger partial charge in [0, 0.05) is 11.3 Å². The first-order valence-electron chi connectivity index (χ1n) is 5.97. The molecule has 2 N–H and O–H groups in total. The summed E-state index contributed by atoms with van der Waals surface area (Å²) in [5.41, 5.74) is 1.21. The maximum Gasteiger partial charge on any atom is 0.261 e. The summed E-state index contributed by atoms with van der Waals surface area (Å²) in [6.45, 7) is -0.961. The van der Waals surface area contributed by atoms with Crippen molar-refractivity contribution in [3.63, 3.8) is 0 Å². The Balaban J connectivity index is 2.41.